The zero-order chi connectivity index (χ0) is 14.4. The molecule has 4 N–H and O–H groups in total. The van der Waals surface area contributed by atoms with Crippen LogP contribution in [0.3, 0.4) is 0 Å². The number of benzene rings is 2. The molecule has 2 rings (SSSR count). The van der Waals surface area contributed by atoms with Crippen molar-refractivity contribution in [1.82, 2.24) is 0 Å². The SMILES string of the molecule is COc1cccc(NC(=O)Nc2cccc(CN)c2)c1. The summed E-state index contributed by atoms with van der Waals surface area (Å²) in [4.78, 5) is 11.9. The van der Waals surface area contributed by atoms with Crippen molar-refractivity contribution in [3.05, 3.63) is 54.1 Å². The number of rotatable bonds is 4. The van der Waals surface area contributed by atoms with Gasteiger partial charge in [-0.25, -0.2) is 4.79 Å². The number of hydrogen-bond donors (Lipinski definition) is 3. The van der Waals surface area contributed by atoms with E-state index in [0.717, 1.165) is 5.56 Å². The van der Waals surface area contributed by atoms with Crippen LogP contribution in [0.25, 0.3) is 0 Å². The minimum atomic E-state index is -0.313. The minimum Gasteiger partial charge on any atom is -0.497 e. The van der Waals surface area contributed by atoms with E-state index in [1.165, 1.54) is 0 Å². The van der Waals surface area contributed by atoms with Gasteiger partial charge in [0.15, 0.2) is 0 Å². The van der Waals surface area contributed by atoms with Crippen LogP contribution in [0.4, 0.5) is 16.2 Å². The van der Waals surface area contributed by atoms with Gasteiger partial charge in [0.05, 0.1) is 7.11 Å². The van der Waals surface area contributed by atoms with Gasteiger partial charge in [-0.2, -0.15) is 0 Å². The maximum atomic E-state index is 11.9. The summed E-state index contributed by atoms with van der Waals surface area (Å²) in [5.41, 5.74) is 7.89. The van der Waals surface area contributed by atoms with Gasteiger partial charge in [0.2, 0.25) is 0 Å². The Labute approximate surface area is 117 Å². The van der Waals surface area contributed by atoms with E-state index in [1.807, 2.05) is 36.4 Å². The van der Waals surface area contributed by atoms with Gasteiger partial charge >= 0.3 is 6.03 Å². The van der Waals surface area contributed by atoms with Crippen molar-refractivity contribution in [2.24, 2.45) is 5.73 Å². The number of carbonyl (C=O) groups is 1. The molecule has 2 aromatic rings. The summed E-state index contributed by atoms with van der Waals surface area (Å²) in [7, 11) is 1.58. The lowest BCUT2D eigenvalue weighted by Gasteiger charge is -2.09. The highest BCUT2D eigenvalue weighted by atomic mass is 16.5. The van der Waals surface area contributed by atoms with Crippen LogP contribution in [0.5, 0.6) is 5.75 Å². The maximum Gasteiger partial charge on any atom is 0.323 e. The predicted octanol–water partition coefficient (Wildman–Crippen LogP) is 2.80. The summed E-state index contributed by atoms with van der Waals surface area (Å²) in [5, 5.41) is 5.50. The van der Waals surface area contributed by atoms with E-state index in [-0.39, 0.29) is 6.03 Å². The summed E-state index contributed by atoms with van der Waals surface area (Å²) in [6.07, 6.45) is 0. The number of amides is 2. The topological polar surface area (TPSA) is 76.4 Å². The van der Waals surface area contributed by atoms with E-state index in [2.05, 4.69) is 10.6 Å². The van der Waals surface area contributed by atoms with E-state index in [9.17, 15) is 4.79 Å². The van der Waals surface area contributed by atoms with Crippen molar-refractivity contribution in [1.29, 1.82) is 0 Å². The van der Waals surface area contributed by atoms with Crippen molar-refractivity contribution in [2.45, 2.75) is 6.54 Å². The van der Waals surface area contributed by atoms with Crippen molar-refractivity contribution < 1.29 is 9.53 Å². The lowest BCUT2D eigenvalue weighted by molar-refractivity contribution is 0.262. The molecule has 2 aromatic carbocycles. The van der Waals surface area contributed by atoms with Crippen LogP contribution in [0, 0.1) is 0 Å². The second-order valence-electron chi connectivity index (χ2n) is 4.22. The largest absolute Gasteiger partial charge is 0.497 e. The van der Waals surface area contributed by atoms with Gasteiger partial charge in [-0.05, 0) is 29.8 Å². The van der Waals surface area contributed by atoms with E-state index in [4.69, 9.17) is 10.5 Å². The molecular weight excluding hydrogens is 254 g/mol. The number of methoxy groups -OCH3 is 1. The third kappa shape index (κ3) is 3.73. The molecule has 0 spiro atoms. The Kier molecular flexibility index (Phi) is 4.57. The molecule has 0 atom stereocenters. The van der Waals surface area contributed by atoms with Gasteiger partial charge in [0.25, 0.3) is 0 Å². The maximum absolute atomic E-state index is 11.9. The van der Waals surface area contributed by atoms with Crippen molar-refractivity contribution >= 4 is 17.4 Å². The van der Waals surface area contributed by atoms with Crippen LogP contribution in [-0.4, -0.2) is 13.1 Å². The predicted molar refractivity (Wildman–Crippen MR) is 80.0 cm³/mol. The Hall–Kier alpha value is -2.53. The van der Waals surface area contributed by atoms with Crippen molar-refractivity contribution in [2.75, 3.05) is 17.7 Å². The Morgan fingerprint density at radius 1 is 1.10 bits per heavy atom. The van der Waals surface area contributed by atoms with Crippen LogP contribution >= 0.6 is 0 Å². The Morgan fingerprint density at radius 3 is 2.40 bits per heavy atom. The van der Waals surface area contributed by atoms with Gasteiger partial charge in [-0.15, -0.1) is 0 Å². The highest BCUT2D eigenvalue weighted by Gasteiger charge is 2.04. The molecule has 0 heterocycles. The lowest BCUT2D eigenvalue weighted by Crippen LogP contribution is -2.19. The molecular formula is C15H17N3O2. The number of carbonyl (C=O) groups excluding carboxylic acids is 1. The van der Waals surface area contributed by atoms with Crippen LogP contribution < -0.4 is 21.1 Å². The summed E-state index contributed by atoms with van der Waals surface area (Å²) in [5.74, 6) is 0.688. The molecule has 0 aliphatic carbocycles. The van der Waals surface area contributed by atoms with E-state index in [1.54, 1.807) is 19.2 Å². The fourth-order valence-corrected chi connectivity index (χ4v) is 1.77. The lowest BCUT2D eigenvalue weighted by atomic mass is 10.2. The Balaban J connectivity index is 2.01. The van der Waals surface area contributed by atoms with E-state index >= 15 is 0 Å². The molecule has 0 saturated heterocycles. The van der Waals surface area contributed by atoms with Crippen LogP contribution in [0.2, 0.25) is 0 Å². The Bertz CT molecular complexity index is 548. The average Bonchev–Trinajstić information content (AvgIpc) is 2.47. The monoisotopic (exact) mass is 271 g/mol. The average molecular weight is 271 g/mol. The standard InChI is InChI=1S/C15H17N3O2/c1-20-14-7-3-6-13(9-14)18-15(19)17-12-5-2-4-11(8-12)10-16/h2-9H,10,16H2,1H3,(H2,17,18,19). The first-order valence-electron chi connectivity index (χ1n) is 6.22. The zero-order valence-electron chi connectivity index (χ0n) is 11.2. The van der Waals surface area contributed by atoms with Crippen LogP contribution in [-0.2, 0) is 6.54 Å². The number of anilines is 2. The molecule has 0 aliphatic rings. The van der Waals surface area contributed by atoms with Crippen molar-refractivity contribution in [3.63, 3.8) is 0 Å². The van der Waals surface area contributed by atoms with E-state index in [0.29, 0.717) is 23.7 Å². The Morgan fingerprint density at radius 2 is 1.75 bits per heavy atom. The van der Waals surface area contributed by atoms with Gasteiger partial charge in [-0.1, -0.05) is 18.2 Å². The summed E-state index contributed by atoms with van der Waals surface area (Å²) in [6, 6.07) is 14.3. The van der Waals surface area contributed by atoms with Gasteiger partial charge in [-0.3, -0.25) is 0 Å². The highest BCUT2D eigenvalue weighted by Crippen LogP contribution is 2.17. The van der Waals surface area contributed by atoms with Crippen molar-refractivity contribution in [3.8, 4) is 5.75 Å². The molecule has 5 heteroatoms. The second-order valence-corrected chi connectivity index (χ2v) is 4.22. The summed E-state index contributed by atoms with van der Waals surface area (Å²) < 4.78 is 5.10. The fourth-order valence-electron chi connectivity index (χ4n) is 1.77. The molecule has 104 valence electrons. The van der Waals surface area contributed by atoms with Gasteiger partial charge in [0, 0.05) is 24.0 Å². The quantitative estimate of drug-likeness (QED) is 0.800. The molecule has 0 unspecified atom stereocenters. The number of ether oxygens (including phenoxy) is 1. The number of urea groups is 1. The molecule has 0 saturated carbocycles. The van der Waals surface area contributed by atoms with Crippen LogP contribution in [0.1, 0.15) is 5.56 Å². The third-order valence-electron chi connectivity index (χ3n) is 2.75. The molecule has 0 aromatic heterocycles. The molecule has 2 amide bonds. The van der Waals surface area contributed by atoms with E-state index < -0.39 is 0 Å². The van der Waals surface area contributed by atoms with Crippen LogP contribution in [0.15, 0.2) is 48.5 Å². The number of nitrogens with two attached hydrogens (primary N) is 1. The molecule has 0 aliphatic heterocycles. The second kappa shape index (κ2) is 6.58. The first-order valence-corrected chi connectivity index (χ1v) is 6.22. The number of nitrogens with one attached hydrogen (secondary N) is 2. The summed E-state index contributed by atoms with van der Waals surface area (Å²) in [6.45, 7) is 0.438. The molecule has 0 radical (unpaired) electrons. The summed E-state index contributed by atoms with van der Waals surface area (Å²) >= 11 is 0. The first kappa shape index (κ1) is 13.9. The molecule has 5 nitrogen and oxygen atoms in total. The molecule has 0 fully saturated rings. The third-order valence-corrected chi connectivity index (χ3v) is 2.75. The van der Waals surface area contributed by atoms with Gasteiger partial charge in [0.1, 0.15) is 5.75 Å². The zero-order valence-corrected chi connectivity index (χ0v) is 11.2. The normalized spacial score (nSPS) is 9.90. The van der Waals surface area contributed by atoms with Gasteiger partial charge < -0.3 is 21.1 Å². The molecule has 20 heavy (non-hydrogen) atoms. The molecule has 0 bridgehead atoms. The minimum absolute atomic E-state index is 0.313. The highest BCUT2D eigenvalue weighted by molar-refractivity contribution is 5.99. The fraction of sp³-hybridized carbons (Fsp3) is 0.133. The number of hydrogen-bond acceptors (Lipinski definition) is 3. The first-order chi connectivity index (χ1) is 9.71. The smallest absolute Gasteiger partial charge is 0.323 e.